The van der Waals surface area contributed by atoms with E-state index >= 15 is 4.79 Å². The molecule has 7 aliphatic rings. The number of fused-ring (bicyclic) bond motifs is 1. The molecule has 58 heavy (non-hydrogen) atoms. The van der Waals surface area contributed by atoms with Crippen LogP contribution >= 0.6 is 11.9 Å². The third-order valence-electron chi connectivity index (χ3n) is 16.6. The van der Waals surface area contributed by atoms with E-state index in [-0.39, 0.29) is 63.5 Å². The lowest BCUT2D eigenvalue weighted by atomic mass is 9.73. The van der Waals surface area contributed by atoms with E-state index in [2.05, 4.69) is 45.6 Å². The molecule has 2 spiro atoms. The average molecular weight is 823 g/mol. The molecule has 11 nitrogen and oxygen atoms in total. The third kappa shape index (κ3) is 7.82. The van der Waals surface area contributed by atoms with Crippen LogP contribution in [0.1, 0.15) is 144 Å². The van der Waals surface area contributed by atoms with Gasteiger partial charge in [-0.1, -0.05) is 84.7 Å². The number of likely N-dealkylation sites (tertiary alicyclic amines) is 2. The van der Waals surface area contributed by atoms with Crippen molar-refractivity contribution < 1.29 is 24.0 Å². The van der Waals surface area contributed by atoms with Crippen molar-refractivity contribution in [2.75, 3.05) is 39.0 Å². The highest BCUT2D eigenvalue weighted by Crippen LogP contribution is 2.88. The number of likely N-dealkylation sites (N-methyl/N-ethyl adjacent to an activating group) is 1. The number of hydrogen-bond acceptors (Lipinski definition) is 8. The second kappa shape index (κ2) is 16.8. The quantitative estimate of drug-likeness (QED) is 0.104. The molecule has 7 atom stereocenters. The van der Waals surface area contributed by atoms with E-state index in [0.717, 1.165) is 102 Å². The van der Waals surface area contributed by atoms with Gasteiger partial charge in [0.1, 0.15) is 23.7 Å². The van der Waals surface area contributed by atoms with Crippen molar-refractivity contribution in [3.8, 4) is 0 Å². The number of carbonyl (C=O) groups excluding carboxylic acids is 5. The molecular formula is C46H74N6O5S. The summed E-state index contributed by atoms with van der Waals surface area (Å²) in [6.45, 7) is 18.0. The van der Waals surface area contributed by atoms with Gasteiger partial charge in [-0.3, -0.25) is 33.2 Å². The van der Waals surface area contributed by atoms with Crippen molar-refractivity contribution in [2.24, 2.45) is 33.5 Å². The van der Waals surface area contributed by atoms with Gasteiger partial charge in [0.15, 0.2) is 5.78 Å². The second-order valence-corrected chi connectivity index (χ2v) is 22.2. The number of nitrogens with zero attached hydrogens (tertiary/aromatic N) is 3. The Balaban J connectivity index is 1.11. The van der Waals surface area contributed by atoms with Crippen LogP contribution in [0.5, 0.6) is 0 Å². The summed E-state index contributed by atoms with van der Waals surface area (Å²) in [5.41, 5.74) is -1.84. The van der Waals surface area contributed by atoms with Gasteiger partial charge in [0.25, 0.3) is 0 Å². The summed E-state index contributed by atoms with van der Waals surface area (Å²) in [6.07, 6.45) is 17.4. The van der Waals surface area contributed by atoms with Crippen LogP contribution in [-0.2, 0) is 24.0 Å². The van der Waals surface area contributed by atoms with Gasteiger partial charge in [-0.2, -0.15) is 0 Å². The molecule has 4 amide bonds. The first-order chi connectivity index (χ1) is 27.5. The van der Waals surface area contributed by atoms with E-state index in [1.165, 1.54) is 12.8 Å². The molecule has 7 fully saturated rings. The van der Waals surface area contributed by atoms with Crippen molar-refractivity contribution in [3.05, 3.63) is 12.7 Å². The van der Waals surface area contributed by atoms with E-state index in [4.69, 9.17) is 0 Å². The van der Waals surface area contributed by atoms with Crippen molar-refractivity contribution in [3.63, 3.8) is 0 Å². The van der Waals surface area contributed by atoms with Crippen molar-refractivity contribution in [1.29, 1.82) is 0 Å². The van der Waals surface area contributed by atoms with Crippen LogP contribution in [-0.4, -0.2) is 112 Å². The largest absolute Gasteiger partial charge is 0.343 e. The molecule has 4 saturated carbocycles. The summed E-state index contributed by atoms with van der Waals surface area (Å²) >= 11 is 1.82. The summed E-state index contributed by atoms with van der Waals surface area (Å²) in [4.78, 5) is 76.3. The zero-order valence-electron chi connectivity index (χ0n) is 36.6. The maximum Gasteiger partial charge on any atom is 0.246 e. The van der Waals surface area contributed by atoms with E-state index in [0.29, 0.717) is 25.8 Å². The molecule has 3 N–H and O–H groups in total. The number of piperidine rings is 1. The monoisotopic (exact) mass is 823 g/mol. The Morgan fingerprint density at radius 1 is 0.828 bits per heavy atom. The number of carbonyl (C=O) groups is 5. The van der Waals surface area contributed by atoms with Gasteiger partial charge in [-0.25, -0.2) is 0 Å². The molecule has 4 aliphatic carbocycles. The Bertz CT molecular complexity index is 1600. The van der Waals surface area contributed by atoms with Crippen LogP contribution < -0.4 is 16.0 Å². The first-order valence-electron chi connectivity index (χ1n) is 23.0. The van der Waals surface area contributed by atoms with Crippen LogP contribution in [0.2, 0.25) is 0 Å². The van der Waals surface area contributed by atoms with E-state index in [1.54, 1.807) is 11.0 Å². The standard InChI is InChI=1S/C46H74N6O5S/c1-8-32-28-46(32,35(53)21-16-27-58-51-25-14-15-26-51)49-39(55)34-29-45(43(5,6)44(45)22-17-23-44)30-52(34)41(57)37(42(2,3)4)48-40(56)36(31-18-10-9-11-19-31)47-38(54)33-20-12-13-24-50(33)7/h8,31-34,36-37H,1,9-30H2,2-7H3,(H,47,54)(H,48,56)(H,49,55). The molecule has 324 valence electrons. The maximum absolute atomic E-state index is 15.3. The summed E-state index contributed by atoms with van der Waals surface area (Å²) in [7, 11) is 1.98. The van der Waals surface area contributed by atoms with Crippen LogP contribution in [0.4, 0.5) is 0 Å². The summed E-state index contributed by atoms with van der Waals surface area (Å²) in [5.74, 6) is -0.169. The fraction of sp³-hybridized carbons (Fsp3) is 0.848. The van der Waals surface area contributed by atoms with Gasteiger partial charge in [0.2, 0.25) is 23.6 Å². The fourth-order valence-corrected chi connectivity index (χ4v) is 13.6. The minimum atomic E-state index is -0.982. The smallest absolute Gasteiger partial charge is 0.246 e. The first-order valence-corrected chi connectivity index (χ1v) is 23.9. The van der Waals surface area contributed by atoms with E-state index in [1.807, 2.05) is 39.8 Å². The first kappa shape index (κ1) is 43.6. The average Bonchev–Trinajstić information content (AvgIpc) is 3.65. The second-order valence-electron chi connectivity index (χ2n) is 21.0. The van der Waals surface area contributed by atoms with Crippen molar-refractivity contribution in [1.82, 2.24) is 30.1 Å². The number of nitrogens with one attached hydrogen (secondary N) is 3. The molecule has 3 saturated heterocycles. The molecule has 3 heterocycles. The molecule has 0 aromatic carbocycles. The SMILES string of the molecule is C=CC1CC1(NC(=O)C1CC2(CN1C(=O)C(NC(=O)C(NC(=O)C1CCCCN1C)C1CCCCC1)C(C)(C)C)C(C)(C)C21CCC1)C(=O)CCCSN1CCCC1. The molecule has 12 heteroatoms. The molecule has 3 aliphatic heterocycles. The lowest BCUT2D eigenvalue weighted by Crippen LogP contribution is -2.63. The normalized spacial score (nSPS) is 32.9. The van der Waals surface area contributed by atoms with Gasteiger partial charge in [0, 0.05) is 43.1 Å². The summed E-state index contributed by atoms with van der Waals surface area (Å²) in [6, 6.07) is -2.69. The Morgan fingerprint density at radius 2 is 1.50 bits per heavy atom. The van der Waals surface area contributed by atoms with Crippen LogP contribution in [0.15, 0.2) is 12.7 Å². The maximum atomic E-state index is 15.3. The Hall–Kier alpha value is -2.44. The van der Waals surface area contributed by atoms with Gasteiger partial charge in [0.05, 0.1) is 6.04 Å². The third-order valence-corrected chi connectivity index (χ3v) is 17.8. The molecule has 0 bridgehead atoms. The number of rotatable bonds is 15. The van der Waals surface area contributed by atoms with Crippen LogP contribution in [0.25, 0.3) is 0 Å². The molecule has 0 aromatic heterocycles. The Morgan fingerprint density at radius 3 is 2.09 bits per heavy atom. The minimum Gasteiger partial charge on any atom is -0.343 e. The highest BCUT2D eigenvalue weighted by Gasteiger charge is 2.85. The van der Waals surface area contributed by atoms with E-state index < -0.39 is 29.1 Å². The highest BCUT2D eigenvalue weighted by molar-refractivity contribution is 7.97. The molecular weight excluding hydrogens is 749 g/mol. The van der Waals surface area contributed by atoms with Gasteiger partial charge in [-0.05, 0) is 106 Å². The lowest BCUT2D eigenvalue weighted by molar-refractivity contribution is -0.145. The molecule has 7 rings (SSSR count). The van der Waals surface area contributed by atoms with Gasteiger partial charge in [-0.15, -0.1) is 6.58 Å². The zero-order valence-corrected chi connectivity index (χ0v) is 37.4. The van der Waals surface area contributed by atoms with Crippen LogP contribution in [0.3, 0.4) is 0 Å². The molecule has 7 unspecified atom stereocenters. The fourth-order valence-electron chi connectivity index (χ4n) is 12.5. The Kier molecular flexibility index (Phi) is 12.6. The number of ketones is 1. The highest BCUT2D eigenvalue weighted by atomic mass is 32.2. The lowest BCUT2D eigenvalue weighted by Gasteiger charge is -2.38. The number of amides is 4. The predicted molar refractivity (Wildman–Crippen MR) is 229 cm³/mol. The van der Waals surface area contributed by atoms with E-state index in [9.17, 15) is 19.2 Å². The van der Waals surface area contributed by atoms with Gasteiger partial charge >= 0.3 is 0 Å². The predicted octanol–water partition coefficient (Wildman–Crippen LogP) is 6.02. The van der Waals surface area contributed by atoms with Crippen LogP contribution in [0, 0.1) is 33.5 Å². The van der Waals surface area contributed by atoms with Crippen molar-refractivity contribution in [2.45, 2.75) is 173 Å². The molecule has 0 aromatic rings. The topological polar surface area (TPSA) is 131 Å². The minimum absolute atomic E-state index is 0.00877. The zero-order chi connectivity index (χ0) is 41.7. The molecule has 0 radical (unpaired) electrons. The van der Waals surface area contributed by atoms with Crippen molar-refractivity contribution >= 4 is 41.4 Å². The number of hydrogen-bond donors (Lipinski definition) is 3. The Labute approximate surface area is 352 Å². The summed E-state index contributed by atoms with van der Waals surface area (Å²) in [5, 5.41) is 9.67. The summed E-state index contributed by atoms with van der Waals surface area (Å²) < 4.78 is 2.39. The van der Waals surface area contributed by atoms with Gasteiger partial charge < -0.3 is 20.9 Å². The number of Topliss-reactive ketones (excluding diaryl/α,β-unsaturated/α-hetero) is 1.